The van der Waals surface area contributed by atoms with Crippen molar-refractivity contribution >= 4 is 18.3 Å². The molecule has 7 heteroatoms. The van der Waals surface area contributed by atoms with Crippen LogP contribution in [0, 0.1) is 11.8 Å². The summed E-state index contributed by atoms with van der Waals surface area (Å²) in [6, 6.07) is 6.19. The van der Waals surface area contributed by atoms with Crippen LogP contribution in [-0.4, -0.2) is 43.6 Å². The van der Waals surface area contributed by atoms with E-state index in [0.29, 0.717) is 24.9 Å². The van der Waals surface area contributed by atoms with Crippen molar-refractivity contribution in [2.45, 2.75) is 13.0 Å². The van der Waals surface area contributed by atoms with E-state index < -0.39 is 6.61 Å². The van der Waals surface area contributed by atoms with Gasteiger partial charge in [-0.2, -0.15) is 8.78 Å². The van der Waals surface area contributed by atoms with Crippen LogP contribution in [0.1, 0.15) is 16.8 Å². The van der Waals surface area contributed by atoms with Gasteiger partial charge in [-0.05, 0) is 43.5 Å². The number of carbonyl (C=O) groups is 1. The number of fused-ring (bicyclic) bond motifs is 1. The number of likely N-dealkylation sites (tertiary alicyclic amines) is 1. The Bertz CT molecular complexity index is 530. The third-order valence-corrected chi connectivity index (χ3v) is 4.33. The molecule has 2 atom stereocenters. The highest BCUT2D eigenvalue weighted by Gasteiger charge is 2.35. The monoisotopic (exact) mass is 332 g/mol. The molecule has 2 saturated heterocycles. The van der Waals surface area contributed by atoms with Gasteiger partial charge in [0.05, 0.1) is 5.56 Å². The van der Waals surface area contributed by atoms with Crippen molar-refractivity contribution in [3.63, 3.8) is 0 Å². The summed E-state index contributed by atoms with van der Waals surface area (Å²) >= 11 is 0. The van der Waals surface area contributed by atoms with Gasteiger partial charge in [0.25, 0.3) is 5.91 Å². The maximum atomic E-state index is 12.6. The lowest BCUT2D eigenvalue weighted by molar-refractivity contribution is -0.0503. The van der Waals surface area contributed by atoms with E-state index in [1.807, 2.05) is 0 Å². The van der Waals surface area contributed by atoms with Gasteiger partial charge in [-0.25, -0.2) is 0 Å². The molecule has 2 unspecified atom stereocenters. The van der Waals surface area contributed by atoms with Gasteiger partial charge in [0.2, 0.25) is 0 Å². The maximum Gasteiger partial charge on any atom is 0.387 e. The van der Waals surface area contributed by atoms with Crippen LogP contribution in [0.25, 0.3) is 0 Å². The molecule has 2 aliphatic heterocycles. The number of para-hydroxylation sites is 1. The Kier molecular flexibility index (Phi) is 5.58. The van der Waals surface area contributed by atoms with Crippen LogP contribution in [0.4, 0.5) is 8.78 Å². The van der Waals surface area contributed by atoms with E-state index in [4.69, 9.17) is 0 Å². The van der Waals surface area contributed by atoms with E-state index in [9.17, 15) is 13.6 Å². The number of alkyl halides is 2. The average Bonchev–Trinajstić information content (AvgIpc) is 2.94. The smallest absolute Gasteiger partial charge is 0.387 e. The minimum atomic E-state index is -2.93. The number of amides is 1. The molecule has 1 aromatic carbocycles. The molecule has 1 amide bonds. The average molecular weight is 333 g/mol. The van der Waals surface area contributed by atoms with E-state index >= 15 is 0 Å². The van der Waals surface area contributed by atoms with Gasteiger partial charge in [-0.3, -0.25) is 4.79 Å². The largest absolute Gasteiger partial charge is 0.434 e. The van der Waals surface area contributed by atoms with Crippen LogP contribution in [0.5, 0.6) is 5.75 Å². The summed E-state index contributed by atoms with van der Waals surface area (Å²) < 4.78 is 29.3. The van der Waals surface area contributed by atoms with Gasteiger partial charge in [0, 0.05) is 13.1 Å². The fourth-order valence-corrected chi connectivity index (χ4v) is 3.23. The highest BCUT2D eigenvalue weighted by atomic mass is 35.5. The molecule has 3 rings (SSSR count). The number of ether oxygens (including phenoxy) is 1. The molecule has 1 aromatic rings. The summed E-state index contributed by atoms with van der Waals surface area (Å²) in [5.74, 6) is 0.813. The van der Waals surface area contributed by atoms with Crippen LogP contribution in [0.15, 0.2) is 24.3 Å². The first-order valence-electron chi connectivity index (χ1n) is 7.19. The first-order valence-corrected chi connectivity index (χ1v) is 7.19. The molecule has 0 radical (unpaired) electrons. The lowest BCUT2D eigenvalue weighted by Gasteiger charge is -2.34. The number of carbonyl (C=O) groups excluding carboxylic acids is 1. The third kappa shape index (κ3) is 3.50. The molecular weight excluding hydrogens is 314 g/mol. The molecule has 2 heterocycles. The lowest BCUT2D eigenvalue weighted by atomic mass is 9.88. The van der Waals surface area contributed by atoms with Crippen LogP contribution in [0.2, 0.25) is 0 Å². The molecule has 0 aromatic heterocycles. The number of hydrogen-bond donors (Lipinski definition) is 1. The Balaban J connectivity index is 0.00000176. The minimum Gasteiger partial charge on any atom is -0.434 e. The Hall–Kier alpha value is -1.40. The van der Waals surface area contributed by atoms with Crippen LogP contribution in [-0.2, 0) is 0 Å². The Morgan fingerprint density at radius 3 is 2.77 bits per heavy atom. The summed E-state index contributed by atoms with van der Waals surface area (Å²) in [7, 11) is 0. The fourth-order valence-electron chi connectivity index (χ4n) is 3.23. The second-order valence-corrected chi connectivity index (χ2v) is 5.59. The standard InChI is InChI=1S/C15H18F2N2O2.ClH/c16-15(17)21-13-4-2-1-3-12(13)14(20)19-6-5-10-7-18-8-11(10)9-19;/h1-4,10-11,15,18H,5-9H2;1H. The molecule has 0 aliphatic carbocycles. The van der Waals surface area contributed by atoms with Crippen molar-refractivity contribution in [3.05, 3.63) is 29.8 Å². The summed E-state index contributed by atoms with van der Waals surface area (Å²) in [6.07, 6.45) is 0.960. The van der Waals surface area contributed by atoms with Crippen molar-refractivity contribution in [1.29, 1.82) is 0 Å². The molecule has 122 valence electrons. The molecule has 22 heavy (non-hydrogen) atoms. The number of nitrogens with one attached hydrogen (secondary N) is 1. The van der Waals surface area contributed by atoms with E-state index in [-0.39, 0.29) is 29.6 Å². The number of hydrogen-bond acceptors (Lipinski definition) is 3. The number of piperidine rings is 1. The Morgan fingerprint density at radius 2 is 2.00 bits per heavy atom. The summed E-state index contributed by atoms with van der Waals surface area (Å²) in [4.78, 5) is 14.3. The second-order valence-electron chi connectivity index (χ2n) is 5.59. The zero-order chi connectivity index (χ0) is 14.8. The molecule has 0 saturated carbocycles. The predicted molar refractivity (Wildman–Crippen MR) is 80.7 cm³/mol. The number of halogens is 3. The van der Waals surface area contributed by atoms with E-state index in [0.717, 1.165) is 19.5 Å². The van der Waals surface area contributed by atoms with Crippen molar-refractivity contribution in [2.24, 2.45) is 11.8 Å². The summed E-state index contributed by atoms with van der Waals surface area (Å²) in [5.41, 5.74) is 0.210. The van der Waals surface area contributed by atoms with Crippen molar-refractivity contribution in [1.82, 2.24) is 10.2 Å². The quantitative estimate of drug-likeness (QED) is 0.924. The molecule has 2 aliphatic rings. The lowest BCUT2D eigenvalue weighted by Crippen LogP contribution is -2.43. The Labute approximate surface area is 134 Å². The minimum absolute atomic E-state index is 0. The first-order chi connectivity index (χ1) is 10.1. The number of nitrogens with zero attached hydrogens (tertiary/aromatic N) is 1. The second kappa shape index (κ2) is 7.24. The van der Waals surface area contributed by atoms with Gasteiger partial charge < -0.3 is 15.0 Å². The van der Waals surface area contributed by atoms with E-state index in [2.05, 4.69) is 10.1 Å². The molecule has 0 bridgehead atoms. The summed E-state index contributed by atoms with van der Waals surface area (Å²) in [6.45, 7) is 0.356. The molecule has 2 fully saturated rings. The highest BCUT2D eigenvalue weighted by molar-refractivity contribution is 5.97. The van der Waals surface area contributed by atoms with Crippen LogP contribution in [0.3, 0.4) is 0 Å². The third-order valence-electron chi connectivity index (χ3n) is 4.33. The van der Waals surface area contributed by atoms with Crippen LogP contribution >= 0.6 is 12.4 Å². The van der Waals surface area contributed by atoms with Crippen molar-refractivity contribution in [2.75, 3.05) is 26.2 Å². The zero-order valence-corrected chi connectivity index (χ0v) is 12.8. The predicted octanol–water partition coefficient (Wildman–Crippen LogP) is 2.39. The summed E-state index contributed by atoms with van der Waals surface area (Å²) in [5, 5.41) is 3.34. The number of benzene rings is 1. The molecule has 4 nitrogen and oxygen atoms in total. The zero-order valence-electron chi connectivity index (χ0n) is 12.0. The first kappa shape index (κ1) is 17.0. The normalized spacial score (nSPS) is 23.9. The van der Waals surface area contributed by atoms with E-state index in [1.165, 1.54) is 6.07 Å². The SMILES string of the molecule is Cl.O=C(c1ccccc1OC(F)F)N1CCC2CNCC2C1. The van der Waals surface area contributed by atoms with Gasteiger partial charge in [-0.15, -0.1) is 12.4 Å². The van der Waals surface area contributed by atoms with E-state index in [1.54, 1.807) is 23.1 Å². The molecule has 1 N–H and O–H groups in total. The van der Waals surface area contributed by atoms with Crippen LogP contribution < -0.4 is 10.1 Å². The maximum absolute atomic E-state index is 12.6. The Morgan fingerprint density at radius 1 is 1.27 bits per heavy atom. The van der Waals surface area contributed by atoms with Gasteiger partial charge >= 0.3 is 6.61 Å². The van der Waals surface area contributed by atoms with Gasteiger partial charge in [0.15, 0.2) is 0 Å². The van der Waals surface area contributed by atoms with Crippen molar-refractivity contribution < 1.29 is 18.3 Å². The fraction of sp³-hybridized carbons (Fsp3) is 0.533. The van der Waals surface area contributed by atoms with Gasteiger partial charge in [-0.1, -0.05) is 12.1 Å². The highest BCUT2D eigenvalue weighted by Crippen LogP contribution is 2.29. The topological polar surface area (TPSA) is 41.6 Å². The molecule has 0 spiro atoms. The van der Waals surface area contributed by atoms with Gasteiger partial charge in [0.1, 0.15) is 5.75 Å². The number of rotatable bonds is 3. The molecular formula is C15H19ClF2N2O2. The van der Waals surface area contributed by atoms with Crippen molar-refractivity contribution in [3.8, 4) is 5.75 Å².